The number of aromatic nitrogens is 4. The molecule has 1 N–H and O–H groups in total. The van der Waals surface area contributed by atoms with Crippen molar-refractivity contribution in [3.8, 4) is 11.4 Å². The Hall–Kier alpha value is -2.96. The molecule has 0 unspecified atom stereocenters. The third kappa shape index (κ3) is 3.45. The van der Waals surface area contributed by atoms with E-state index in [1.54, 1.807) is 13.8 Å². The Labute approximate surface area is 144 Å². The lowest BCUT2D eigenvalue weighted by atomic mass is 10.1. The summed E-state index contributed by atoms with van der Waals surface area (Å²) in [5, 5.41) is 3.00. The zero-order chi connectivity index (χ0) is 18.0. The molecule has 0 aliphatic heterocycles. The summed E-state index contributed by atoms with van der Waals surface area (Å²) in [5.74, 6) is 0.626. The molecule has 3 rings (SSSR count). The van der Waals surface area contributed by atoms with Gasteiger partial charge in [0, 0.05) is 24.0 Å². The zero-order valence-electron chi connectivity index (χ0n) is 14.5. The SMILES string of the molecule is CCC(=O)OCCc1c(C)nc2nc(-c3ccc(C)cc3)[nH]n2c1=O. The Kier molecular flexibility index (Phi) is 4.65. The van der Waals surface area contributed by atoms with Crippen molar-refractivity contribution in [3.63, 3.8) is 0 Å². The van der Waals surface area contributed by atoms with E-state index in [9.17, 15) is 9.59 Å². The first-order valence-corrected chi connectivity index (χ1v) is 8.20. The number of aryl methyl sites for hydroxylation is 2. The molecule has 0 bridgehead atoms. The fourth-order valence-corrected chi connectivity index (χ4v) is 2.55. The summed E-state index contributed by atoms with van der Waals surface area (Å²) in [7, 11) is 0. The molecule has 130 valence electrons. The standard InChI is InChI=1S/C18H20N4O3/c1-4-15(23)25-10-9-14-12(3)19-18-20-16(21-22(18)17(14)24)13-7-5-11(2)6-8-13/h5-8H,4,9-10H2,1-3H3,(H,19,20,21). The van der Waals surface area contributed by atoms with E-state index in [-0.39, 0.29) is 18.1 Å². The van der Waals surface area contributed by atoms with Gasteiger partial charge >= 0.3 is 5.97 Å². The van der Waals surface area contributed by atoms with Gasteiger partial charge in [0.15, 0.2) is 5.82 Å². The summed E-state index contributed by atoms with van der Waals surface area (Å²) in [4.78, 5) is 32.7. The van der Waals surface area contributed by atoms with Gasteiger partial charge in [-0.1, -0.05) is 36.8 Å². The van der Waals surface area contributed by atoms with E-state index in [0.29, 0.717) is 35.7 Å². The van der Waals surface area contributed by atoms with Crippen LogP contribution in [0.5, 0.6) is 0 Å². The average Bonchev–Trinajstić information content (AvgIpc) is 3.02. The van der Waals surface area contributed by atoms with Crippen molar-refractivity contribution < 1.29 is 9.53 Å². The van der Waals surface area contributed by atoms with Crippen molar-refractivity contribution in [1.29, 1.82) is 0 Å². The van der Waals surface area contributed by atoms with Gasteiger partial charge in [-0.05, 0) is 13.8 Å². The molecular weight excluding hydrogens is 320 g/mol. The minimum absolute atomic E-state index is 0.162. The smallest absolute Gasteiger partial charge is 0.305 e. The van der Waals surface area contributed by atoms with Crippen molar-refractivity contribution in [2.75, 3.05) is 6.61 Å². The number of nitrogens with zero attached hydrogens (tertiary/aromatic N) is 3. The molecule has 0 fully saturated rings. The van der Waals surface area contributed by atoms with Crippen LogP contribution < -0.4 is 5.56 Å². The van der Waals surface area contributed by atoms with Crippen LogP contribution in [0.15, 0.2) is 29.1 Å². The van der Waals surface area contributed by atoms with Crippen LogP contribution in [-0.2, 0) is 16.0 Å². The highest BCUT2D eigenvalue weighted by Crippen LogP contribution is 2.16. The molecular formula is C18H20N4O3. The van der Waals surface area contributed by atoms with Gasteiger partial charge in [0.2, 0.25) is 0 Å². The van der Waals surface area contributed by atoms with Crippen LogP contribution in [0, 0.1) is 13.8 Å². The molecule has 0 saturated carbocycles. The maximum absolute atomic E-state index is 12.7. The summed E-state index contributed by atoms with van der Waals surface area (Å²) >= 11 is 0. The topological polar surface area (TPSA) is 89.3 Å². The average molecular weight is 340 g/mol. The molecule has 1 aromatic carbocycles. The molecule has 0 radical (unpaired) electrons. The van der Waals surface area contributed by atoms with E-state index in [2.05, 4.69) is 15.1 Å². The van der Waals surface area contributed by atoms with Crippen LogP contribution >= 0.6 is 0 Å². The molecule has 7 nitrogen and oxygen atoms in total. The molecule has 2 aromatic heterocycles. The van der Waals surface area contributed by atoms with Gasteiger partial charge in [-0.2, -0.15) is 9.50 Å². The number of aromatic amines is 1. The number of carbonyl (C=O) groups is 1. The lowest BCUT2D eigenvalue weighted by Gasteiger charge is -2.05. The fourth-order valence-electron chi connectivity index (χ4n) is 2.55. The molecule has 25 heavy (non-hydrogen) atoms. The summed E-state index contributed by atoms with van der Waals surface area (Å²) in [5.41, 5.74) is 2.92. The first-order chi connectivity index (χ1) is 12.0. The highest BCUT2D eigenvalue weighted by atomic mass is 16.5. The lowest BCUT2D eigenvalue weighted by Crippen LogP contribution is -2.23. The van der Waals surface area contributed by atoms with Crippen molar-refractivity contribution in [3.05, 3.63) is 51.4 Å². The first-order valence-electron chi connectivity index (χ1n) is 8.20. The Morgan fingerprint density at radius 3 is 2.60 bits per heavy atom. The maximum Gasteiger partial charge on any atom is 0.305 e. The minimum Gasteiger partial charge on any atom is -0.465 e. The fraction of sp³-hybridized carbons (Fsp3) is 0.333. The Morgan fingerprint density at radius 2 is 1.92 bits per heavy atom. The number of ether oxygens (including phenoxy) is 1. The molecule has 0 spiro atoms. The van der Waals surface area contributed by atoms with Gasteiger partial charge in [0.05, 0.1) is 12.3 Å². The summed E-state index contributed by atoms with van der Waals surface area (Å²) in [6.45, 7) is 5.66. The van der Waals surface area contributed by atoms with Gasteiger partial charge in [0.25, 0.3) is 11.3 Å². The van der Waals surface area contributed by atoms with Crippen molar-refractivity contribution in [1.82, 2.24) is 19.6 Å². The first kappa shape index (κ1) is 16.9. The molecule has 2 heterocycles. The normalized spacial score (nSPS) is 11.0. The van der Waals surface area contributed by atoms with E-state index >= 15 is 0 Å². The number of H-pyrrole nitrogens is 1. The van der Waals surface area contributed by atoms with Gasteiger partial charge < -0.3 is 4.74 Å². The summed E-state index contributed by atoms with van der Waals surface area (Å²) < 4.78 is 6.39. The molecule has 0 atom stereocenters. The highest BCUT2D eigenvalue weighted by molar-refractivity contribution is 5.68. The molecule has 0 amide bonds. The number of hydrogen-bond donors (Lipinski definition) is 1. The number of nitrogens with one attached hydrogen (secondary N) is 1. The van der Waals surface area contributed by atoms with Crippen LogP contribution in [0.3, 0.4) is 0 Å². The Balaban J connectivity index is 1.94. The zero-order valence-corrected chi connectivity index (χ0v) is 14.5. The van der Waals surface area contributed by atoms with Gasteiger partial charge in [0.1, 0.15) is 0 Å². The van der Waals surface area contributed by atoms with Crippen molar-refractivity contribution in [2.45, 2.75) is 33.6 Å². The van der Waals surface area contributed by atoms with Crippen molar-refractivity contribution >= 4 is 11.7 Å². The molecule has 0 aliphatic rings. The van der Waals surface area contributed by atoms with E-state index in [0.717, 1.165) is 11.1 Å². The quantitative estimate of drug-likeness (QED) is 0.719. The van der Waals surface area contributed by atoms with E-state index < -0.39 is 0 Å². The van der Waals surface area contributed by atoms with E-state index in [4.69, 9.17) is 4.74 Å². The van der Waals surface area contributed by atoms with E-state index in [1.807, 2.05) is 31.2 Å². The maximum atomic E-state index is 12.7. The third-order valence-electron chi connectivity index (χ3n) is 4.02. The highest BCUT2D eigenvalue weighted by Gasteiger charge is 2.14. The predicted octanol–water partition coefficient (Wildman–Crippen LogP) is 2.20. The lowest BCUT2D eigenvalue weighted by molar-refractivity contribution is -0.143. The van der Waals surface area contributed by atoms with Crippen LogP contribution in [0.2, 0.25) is 0 Å². The number of fused-ring (bicyclic) bond motifs is 1. The van der Waals surface area contributed by atoms with Crippen LogP contribution in [0.1, 0.15) is 30.2 Å². The number of carbonyl (C=O) groups excluding carboxylic acids is 1. The Morgan fingerprint density at radius 1 is 1.20 bits per heavy atom. The number of hydrogen-bond acceptors (Lipinski definition) is 5. The molecule has 0 saturated heterocycles. The third-order valence-corrected chi connectivity index (χ3v) is 4.02. The largest absolute Gasteiger partial charge is 0.465 e. The summed E-state index contributed by atoms with van der Waals surface area (Å²) in [6.07, 6.45) is 0.640. The summed E-state index contributed by atoms with van der Waals surface area (Å²) in [6, 6.07) is 7.85. The van der Waals surface area contributed by atoms with Gasteiger partial charge in [-0.25, -0.2) is 4.98 Å². The van der Waals surface area contributed by atoms with Gasteiger partial charge in [-0.3, -0.25) is 14.7 Å². The molecule has 3 aromatic rings. The minimum atomic E-state index is -0.282. The molecule has 0 aliphatic carbocycles. The second kappa shape index (κ2) is 6.88. The monoisotopic (exact) mass is 340 g/mol. The number of esters is 1. The second-order valence-electron chi connectivity index (χ2n) is 5.88. The van der Waals surface area contributed by atoms with Gasteiger partial charge in [-0.15, -0.1) is 0 Å². The predicted molar refractivity (Wildman–Crippen MR) is 93.5 cm³/mol. The number of rotatable bonds is 5. The number of benzene rings is 1. The van der Waals surface area contributed by atoms with Crippen LogP contribution in [0.25, 0.3) is 17.2 Å². The molecule has 7 heteroatoms. The van der Waals surface area contributed by atoms with Crippen LogP contribution in [0.4, 0.5) is 0 Å². The Bertz CT molecular complexity index is 970. The van der Waals surface area contributed by atoms with E-state index in [1.165, 1.54) is 4.52 Å². The van der Waals surface area contributed by atoms with Crippen LogP contribution in [-0.4, -0.2) is 32.2 Å². The second-order valence-corrected chi connectivity index (χ2v) is 5.88. The van der Waals surface area contributed by atoms with Crippen molar-refractivity contribution in [2.24, 2.45) is 0 Å².